The zero-order valence-electron chi connectivity index (χ0n) is 9.61. The SMILES string of the molecule is CCc1ccc(Oc2cccc(F)c2N)cc1. The Morgan fingerprint density at radius 2 is 1.82 bits per heavy atom. The van der Waals surface area contributed by atoms with Gasteiger partial charge in [-0.3, -0.25) is 0 Å². The van der Waals surface area contributed by atoms with Crippen LogP contribution < -0.4 is 10.5 Å². The van der Waals surface area contributed by atoms with Gasteiger partial charge in [-0.15, -0.1) is 0 Å². The molecule has 2 nitrogen and oxygen atoms in total. The number of ether oxygens (including phenoxy) is 1. The minimum atomic E-state index is -0.465. The molecular formula is C14H14FNO. The number of aryl methyl sites for hydroxylation is 1. The van der Waals surface area contributed by atoms with Gasteiger partial charge in [0.2, 0.25) is 0 Å². The summed E-state index contributed by atoms with van der Waals surface area (Å²) in [5.41, 5.74) is 6.85. The van der Waals surface area contributed by atoms with Crippen LogP contribution in [0.5, 0.6) is 11.5 Å². The summed E-state index contributed by atoms with van der Waals surface area (Å²) >= 11 is 0. The molecule has 0 bridgehead atoms. The average Bonchev–Trinajstić information content (AvgIpc) is 2.36. The molecule has 0 heterocycles. The first-order chi connectivity index (χ1) is 8.20. The third-order valence-corrected chi connectivity index (χ3v) is 2.57. The molecule has 17 heavy (non-hydrogen) atoms. The molecule has 0 radical (unpaired) electrons. The molecule has 0 spiro atoms. The molecule has 0 amide bonds. The molecule has 0 fully saturated rings. The number of hydrogen-bond acceptors (Lipinski definition) is 2. The molecule has 0 saturated carbocycles. The normalized spacial score (nSPS) is 10.2. The summed E-state index contributed by atoms with van der Waals surface area (Å²) in [7, 11) is 0. The fourth-order valence-corrected chi connectivity index (χ4v) is 1.53. The quantitative estimate of drug-likeness (QED) is 0.816. The van der Waals surface area contributed by atoms with Gasteiger partial charge >= 0.3 is 0 Å². The van der Waals surface area contributed by atoms with Crippen LogP contribution in [0.1, 0.15) is 12.5 Å². The van der Waals surface area contributed by atoms with Crippen molar-refractivity contribution in [2.45, 2.75) is 13.3 Å². The standard InChI is InChI=1S/C14H14FNO/c1-2-10-6-8-11(9-7-10)17-13-5-3-4-12(15)14(13)16/h3-9H,2,16H2,1H3. The van der Waals surface area contributed by atoms with Gasteiger partial charge in [0.15, 0.2) is 5.75 Å². The molecule has 0 aliphatic carbocycles. The lowest BCUT2D eigenvalue weighted by Gasteiger charge is -2.09. The van der Waals surface area contributed by atoms with E-state index in [1.165, 1.54) is 11.6 Å². The van der Waals surface area contributed by atoms with Crippen LogP contribution in [0.4, 0.5) is 10.1 Å². The Bertz CT molecular complexity index is 508. The van der Waals surface area contributed by atoms with Crippen molar-refractivity contribution in [3.63, 3.8) is 0 Å². The van der Waals surface area contributed by atoms with Crippen molar-refractivity contribution in [1.82, 2.24) is 0 Å². The minimum Gasteiger partial charge on any atom is -0.455 e. The van der Waals surface area contributed by atoms with Gasteiger partial charge in [-0.05, 0) is 36.2 Å². The molecule has 0 saturated heterocycles. The average molecular weight is 231 g/mol. The van der Waals surface area contributed by atoms with E-state index < -0.39 is 5.82 Å². The van der Waals surface area contributed by atoms with Crippen LogP contribution in [-0.2, 0) is 6.42 Å². The Balaban J connectivity index is 2.22. The van der Waals surface area contributed by atoms with Crippen molar-refractivity contribution in [3.8, 4) is 11.5 Å². The zero-order chi connectivity index (χ0) is 12.3. The van der Waals surface area contributed by atoms with Gasteiger partial charge in [-0.25, -0.2) is 4.39 Å². The van der Waals surface area contributed by atoms with Gasteiger partial charge in [0.05, 0.1) is 0 Å². The van der Waals surface area contributed by atoms with Crippen LogP contribution in [-0.4, -0.2) is 0 Å². The van der Waals surface area contributed by atoms with Crippen LogP contribution in [0.15, 0.2) is 42.5 Å². The number of nitrogens with two attached hydrogens (primary N) is 1. The van der Waals surface area contributed by atoms with E-state index in [2.05, 4.69) is 6.92 Å². The molecule has 3 heteroatoms. The molecule has 2 aromatic carbocycles. The van der Waals surface area contributed by atoms with Gasteiger partial charge in [-0.1, -0.05) is 25.1 Å². The first kappa shape index (κ1) is 11.5. The van der Waals surface area contributed by atoms with Gasteiger partial charge < -0.3 is 10.5 Å². The summed E-state index contributed by atoms with van der Waals surface area (Å²) < 4.78 is 18.7. The van der Waals surface area contributed by atoms with E-state index in [9.17, 15) is 4.39 Å². The lowest BCUT2D eigenvalue weighted by Crippen LogP contribution is -1.95. The highest BCUT2D eigenvalue weighted by Crippen LogP contribution is 2.29. The molecule has 2 rings (SSSR count). The topological polar surface area (TPSA) is 35.2 Å². The van der Waals surface area contributed by atoms with Gasteiger partial charge in [-0.2, -0.15) is 0 Å². The second kappa shape index (κ2) is 4.87. The maximum Gasteiger partial charge on any atom is 0.153 e. The van der Waals surface area contributed by atoms with Crippen LogP contribution in [0, 0.1) is 5.82 Å². The highest BCUT2D eigenvalue weighted by atomic mass is 19.1. The fraction of sp³-hybridized carbons (Fsp3) is 0.143. The third kappa shape index (κ3) is 2.56. The smallest absolute Gasteiger partial charge is 0.153 e. The van der Waals surface area contributed by atoms with Crippen molar-refractivity contribution in [3.05, 3.63) is 53.8 Å². The summed E-state index contributed by atoms with van der Waals surface area (Å²) in [5.74, 6) is 0.529. The molecule has 2 N–H and O–H groups in total. The summed E-state index contributed by atoms with van der Waals surface area (Å²) in [6.45, 7) is 2.08. The number of para-hydroxylation sites is 1. The predicted octanol–water partition coefficient (Wildman–Crippen LogP) is 3.76. The van der Waals surface area contributed by atoms with Crippen molar-refractivity contribution >= 4 is 5.69 Å². The Labute approximate surface area is 99.8 Å². The van der Waals surface area contributed by atoms with Gasteiger partial charge in [0.1, 0.15) is 17.3 Å². The van der Waals surface area contributed by atoms with E-state index in [1.807, 2.05) is 24.3 Å². The van der Waals surface area contributed by atoms with Crippen molar-refractivity contribution in [2.75, 3.05) is 5.73 Å². The van der Waals surface area contributed by atoms with E-state index in [0.29, 0.717) is 11.5 Å². The first-order valence-electron chi connectivity index (χ1n) is 5.51. The van der Waals surface area contributed by atoms with Gasteiger partial charge in [0.25, 0.3) is 0 Å². The van der Waals surface area contributed by atoms with E-state index >= 15 is 0 Å². The molecule has 0 aromatic heterocycles. The predicted molar refractivity (Wildman–Crippen MR) is 66.7 cm³/mol. The van der Waals surface area contributed by atoms with E-state index in [1.54, 1.807) is 12.1 Å². The highest BCUT2D eigenvalue weighted by Gasteiger charge is 2.06. The Hall–Kier alpha value is -2.03. The van der Waals surface area contributed by atoms with Crippen molar-refractivity contribution in [1.29, 1.82) is 0 Å². The summed E-state index contributed by atoms with van der Waals surface area (Å²) in [4.78, 5) is 0. The Morgan fingerprint density at radius 1 is 1.12 bits per heavy atom. The maximum atomic E-state index is 13.2. The first-order valence-corrected chi connectivity index (χ1v) is 5.51. The largest absolute Gasteiger partial charge is 0.455 e. The van der Waals surface area contributed by atoms with Crippen LogP contribution in [0.25, 0.3) is 0 Å². The molecule has 0 aliphatic heterocycles. The van der Waals surface area contributed by atoms with E-state index in [-0.39, 0.29) is 5.69 Å². The summed E-state index contributed by atoms with van der Waals surface area (Å²) in [6.07, 6.45) is 0.975. The van der Waals surface area contributed by atoms with Crippen molar-refractivity contribution in [2.24, 2.45) is 0 Å². The van der Waals surface area contributed by atoms with E-state index in [4.69, 9.17) is 10.5 Å². The number of rotatable bonds is 3. The number of halogens is 1. The second-order valence-corrected chi connectivity index (χ2v) is 3.75. The number of anilines is 1. The molecular weight excluding hydrogens is 217 g/mol. The van der Waals surface area contributed by atoms with Gasteiger partial charge in [0, 0.05) is 0 Å². The second-order valence-electron chi connectivity index (χ2n) is 3.75. The summed E-state index contributed by atoms with van der Waals surface area (Å²) in [5, 5.41) is 0. The molecule has 2 aromatic rings. The lowest BCUT2D eigenvalue weighted by atomic mass is 10.2. The molecule has 88 valence electrons. The maximum absolute atomic E-state index is 13.2. The van der Waals surface area contributed by atoms with Crippen LogP contribution in [0.3, 0.4) is 0 Å². The lowest BCUT2D eigenvalue weighted by molar-refractivity contribution is 0.480. The zero-order valence-corrected chi connectivity index (χ0v) is 9.61. The number of benzene rings is 2. The minimum absolute atomic E-state index is 0.0343. The van der Waals surface area contributed by atoms with E-state index in [0.717, 1.165) is 6.42 Å². The van der Waals surface area contributed by atoms with Crippen LogP contribution >= 0.6 is 0 Å². The fourth-order valence-electron chi connectivity index (χ4n) is 1.53. The monoisotopic (exact) mass is 231 g/mol. The highest BCUT2D eigenvalue weighted by molar-refractivity contribution is 5.54. The Kier molecular flexibility index (Phi) is 3.28. The van der Waals surface area contributed by atoms with Crippen LogP contribution in [0.2, 0.25) is 0 Å². The Morgan fingerprint density at radius 3 is 2.47 bits per heavy atom. The third-order valence-electron chi connectivity index (χ3n) is 2.57. The van der Waals surface area contributed by atoms with Crippen molar-refractivity contribution < 1.29 is 9.13 Å². The molecule has 0 aliphatic rings. The molecule has 0 atom stereocenters. The summed E-state index contributed by atoms with van der Waals surface area (Å²) in [6, 6.07) is 12.2. The number of nitrogen functional groups attached to an aromatic ring is 1. The molecule has 0 unspecified atom stereocenters. The number of hydrogen-bond donors (Lipinski definition) is 1.